The third kappa shape index (κ3) is 3.68. The molecule has 120 valence electrons. The lowest BCUT2D eigenvalue weighted by molar-refractivity contribution is -0.145. The number of nitrogens with zero attached hydrogens (tertiary/aromatic N) is 2. The van der Waals surface area contributed by atoms with E-state index in [0.29, 0.717) is 6.04 Å². The number of likely N-dealkylation sites (tertiary alicyclic amines) is 2. The minimum Gasteiger partial charge on any atom is -0.469 e. The largest absolute Gasteiger partial charge is 0.469 e. The number of piperidine rings is 1. The van der Waals surface area contributed by atoms with Gasteiger partial charge in [-0.05, 0) is 44.5 Å². The predicted octanol–water partition coefficient (Wildman–Crippen LogP) is 2.15. The SMILES string of the molecule is COC(=O)C1CCN(C2CCN(Cc3ccccc3)CC2)C1. The van der Waals surface area contributed by atoms with Crippen molar-refractivity contribution in [2.24, 2.45) is 5.92 Å². The minimum absolute atomic E-state index is 0.0380. The molecule has 1 unspecified atom stereocenters. The van der Waals surface area contributed by atoms with E-state index in [-0.39, 0.29) is 11.9 Å². The highest BCUT2D eigenvalue weighted by Gasteiger charge is 2.34. The standard InChI is InChI=1S/C18H26N2O2/c1-22-18(21)16-7-12-20(14-16)17-8-10-19(11-9-17)13-15-5-3-2-4-6-15/h2-6,16-17H,7-14H2,1H3. The van der Waals surface area contributed by atoms with Gasteiger partial charge in [0.25, 0.3) is 0 Å². The first-order valence-corrected chi connectivity index (χ1v) is 8.34. The van der Waals surface area contributed by atoms with Gasteiger partial charge in [0.05, 0.1) is 13.0 Å². The number of benzene rings is 1. The Morgan fingerprint density at radius 2 is 1.86 bits per heavy atom. The van der Waals surface area contributed by atoms with Crippen molar-refractivity contribution >= 4 is 5.97 Å². The fraction of sp³-hybridized carbons (Fsp3) is 0.611. The van der Waals surface area contributed by atoms with Crippen LogP contribution in [-0.4, -0.2) is 55.1 Å². The highest BCUT2D eigenvalue weighted by molar-refractivity contribution is 5.72. The first-order valence-electron chi connectivity index (χ1n) is 8.34. The Morgan fingerprint density at radius 1 is 1.14 bits per heavy atom. The Hall–Kier alpha value is -1.39. The van der Waals surface area contributed by atoms with Crippen LogP contribution in [0.3, 0.4) is 0 Å². The Labute approximate surface area is 133 Å². The second-order valence-electron chi connectivity index (χ2n) is 6.50. The molecule has 4 nitrogen and oxygen atoms in total. The molecule has 2 heterocycles. The lowest BCUT2D eigenvalue weighted by atomic mass is 10.0. The minimum atomic E-state index is -0.0380. The molecule has 0 bridgehead atoms. The van der Waals surface area contributed by atoms with Gasteiger partial charge in [-0.3, -0.25) is 14.6 Å². The average Bonchev–Trinajstić information content (AvgIpc) is 3.06. The average molecular weight is 302 g/mol. The van der Waals surface area contributed by atoms with Gasteiger partial charge >= 0.3 is 5.97 Å². The molecule has 0 radical (unpaired) electrons. The first-order chi connectivity index (χ1) is 10.8. The molecule has 0 saturated carbocycles. The summed E-state index contributed by atoms with van der Waals surface area (Å²) in [4.78, 5) is 16.7. The van der Waals surface area contributed by atoms with Crippen LogP contribution in [0.5, 0.6) is 0 Å². The van der Waals surface area contributed by atoms with Crippen molar-refractivity contribution in [3.8, 4) is 0 Å². The third-order valence-electron chi connectivity index (χ3n) is 5.08. The molecule has 2 fully saturated rings. The molecule has 2 aliphatic rings. The van der Waals surface area contributed by atoms with Crippen LogP contribution in [-0.2, 0) is 16.1 Å². The molecule has 0 N–H and O–H groups in total. The molecule has 0 aliphatic carbocycles. The Bertz CT molecular complexity index is 483. The maximum atomic E-state index is 11.6. The molecule has 1 aromatic rings. The molecular formula is C18H26N2O2. The summed E-state index contributed by atoms with van der Waals surface area (Å²) >= 11 is 0. The van der Waals surface area contributed by atoms with Crippen molar-refractivity contribution in [2.75, 3.05) is 33.3 Å². The van der Waals surface area contributed by atoms with Gasteiger partial charge in [-0.2, -0.15) is 0 Å². The number of hydrogen-bond donors (Lipinski definition) is 0. The zero-order valence-corrected chi connectivity index (χ0v) is 13.4. The monoisotopic (exact) mass is 302 g/mol. The highest BCUT2D eigenvalue weighted by Crippen LogP contribution is 2.25. The smallest absolute Gasteiger partial charge is 0.310 e. The Balaban J connectivity index is 1.45. The third-order valence-corrected chi connectivity index (χ3v) is 5.08. The van der Waals surface area contributed by atoms with Gasteiger partial charge in [0, 0.05) is 19.1 Å². The number of esters is 1. The molecular weight excluding hydrogens is 276 g/mol. The van der Waals surface area contributed by atoms with Gasteiger partial charge in [0.2, 0.25) is 0 Å². The lowest BCUT2D eigenvalue weighted by Crippen LogP contribution is -2.44. The van der Waals surface area contributed by atoms with E-state index in [1.54, 1.807) is 0 Å². The molecule has 0 spiro atoms. The van der Waals surface area contributed by atoms with E-state index in [1.165, 1.54) is 25.5 Å². The maximum absolute atomic E-state index is 11.6. The number of rotatable bonds is 4. The number of methoxy groups -OCH3 is 1. The van der Waals surface area contributed by atoms with E-state index in [0.717, 1.165) is 39.1 Å². The van der Waals surface area contributed by atoms with Crippen LogP contribution in [0.25, 0.3) is 0 Å². The second-order valence-corrected chi connectivity index (χ2v) is 6.50. The van der Waals surface area contributed by atoms with Crippen molar-refractivity contribution in [2.45, 2.75) is 31.8 Å². The quantitative estimate of drug-likeness (QED) is 0.798. The summed E-state index contributed by atoms with van der Waals surface area (Å²) < 4.78 is 4.88. The zero-order valence-electron chi connectivity index (χ0n) is 13.4. The molecule has 2 saturated heterocycles. The number of carbonyl (C=O) groups excluding carboxylic acids is 1. The van der Waals surface area contributed by atoms with Gasteiger partial charge in [-0.15, -0.1) is 0 Å². The van der Waals surface area contributed by atoms with Crippen molar-refractivity contribution in [3.63, 3.8) is 0 Å². The summed E-state index contributed by atoms with van der Waals surface area (Å²) in [6.45, 7) is 5.29. The van der Waals surface area contributed by atoms with E-state index in [4.69, 9.17) is 4.74 Å². The highest BCUT2D eigenvalue weighted by atomic mass is 16.5. The van der Waals surface area contributed by atoms with Crippen LogP contribution in [0.1, 0.15) is 24.8 Å². The van der Waals surface area contributed by atoms with E-state index in [9.17, 15) is 4.79 Å². The van der Waals surface area contributed by atoms with Crippen molar-refractivity contribution in [1.82, 2.24) is 9.80 Å². The fourth-order valence-electron chi connectivity index (χ4n) is 3.76. The van der Waals surface area contributed by atoms with E-state index >= 15 is 0 Å². The van der Waals surface area contributed by atoms with Gasteiger partial charge in [-0.25, -0.2) is 0 Å². The van der Waals surface area contributed by atoms with Gasteiger partial charge in [0.15, 0.2) is 0 Å². The topological polar surface area (TPSA) is 32.8 Å². The maximum Gasteiger partial charge on any atom is 0.310 e. The molecule has 22 heavy (non-hydrogen) atoms. The van der Waals surface area contributed by atoms with E-state index in [2.05, 4.69) is 40.1 Å². The van der Waals surface area contributed by atoms with Crippen LogP contribution in [0.4, 0.5) is 0 Å². The van der Waals surface area contributed by atoms with Crippen LogP contribution < -0.4 is 0 Å². The van der Waals surface area contributed by atoms with Gasteiger partial charge in [0.1, 0.15) is 0 Å². The molecule has 3 rings (SSSR count). The van der Waals surface area contributed by atoms with E-state index in [1.807, 2.05) is 0 Å². The van der Waals surface area contributed by atoms with Crippen LogP contribution in [0.2, 0.25) is 0 Å². The van der Waals surface area contributed by atoms with Crippen molar-refractivity contribution in [1.29, 1.82) is 0 Å². The van der Waals surface area contributed by atoms with Crippen molar-refractivity contribution < 1.29 is 9.53 Å². The summed E-state index contributed by atoms with van der Waals surface area (Å²) in [6, 6.07) is 11.3. The molecule has 0 aromatic heterocycles. The number of hydrogen-bond acceptors (Lipinski definition) is 4. The lowest BCUT2D eigenvalue weighted by Gasteiger charge is -2.36. The summed E-state index contributed by atoms with van der Waals surface area (Å²) in [5.74, 6) is 0.0522. The number of ether oxygens (including phenoxy) is 1. The zero-order chi connectivity index (χ0) is 15.4. The fourth-order valence-corrected chi connectivity index (χ4v) is 3.76. The Kier molecular flexibility index (Phi) is 5.11. The first kappa shape index (κ1) is 15.5. The molecule has 1 aromatic carbocycles. The summed E-state index contributed by atoms with van der Waals surface area (Å²) in [6.07, 6.45) is 3.37. The molecule has 0 amide bonds. The molecule has 1 atom stereocenters. The number of carbonyl (C=O) groups is 1. The van der Waals surface area contributed by atoms with Crippen LogP contribution in [0.15, 0.2) is 30.3 Å². The van der Waals surface area contributed by atoms with Crippen molar-refractivity contribution in [3.05, 3.63) is 35.9 Å². The van der Waals surface area contributed by atoms with Crippen LogP contribution >= 0.6 is 0 Å². The second kappa shape index (κ2) is 7.25. The molecule has 4 heteroatoms. The van der Waals surface area contributed by atoms with Gasteiger partial charge in [-0.1, -0.05) is 30.3 Å². The van der Waals surface area contributed by atoms with Gasteiger partial charge < -0.3 is 4.74 Å². The normalized spacial score (nSPS) is 24.5. The molecule has 2 aliphatic heterocycles. The summed E-state index contributed by atoms with van der Waals surface area (Å²) in [7, 11) is 1.49. The Morgan fingerprint density at radius 3 is 2.55 bits per heavy atom. The summed E-state index contributed by atoms with van der Waals surface area (Å²) in [5, 5.41) is 0. The predicted molar refractivity (Wildman–Crippen MR) is 86.4 cm³/mol. The van der Waals surface area contributed by atoms with E-state index < -0.39 is 0 Å². The summed E-state index contributed by atoms with van der Waals surface area (Å²) in [5.41, 5.74) is 1.40. The van der Waals surface area contributed by atoms with Crippen LogP contribution in [0, 0.1) is 5.92 Å².